The second-order valence-corrected chi connectivity index (χ2v) is 7.43. The summed E-state index contributed by atoms with van der Waals surface area (Å²) in [6.07, 6.45) is 4.75. The molecule has 1 fully saturated rings. The smallest absolute Gasteiger partial charge is 0.326 e. The number of carbonyl (C=O) groups is 1. The van der Waals surface area contributed by atoms with E-state index >= 15 is 0 Å². The van der Waals surface area contributed by atoms with Crippen molar-refractivity contribution in [2.45, 2.75) is 31.7 Å². The number of imidazole rings is 1. The molecule has 0 atom stereocenters. The van der Waals surface area contributed by atoms with Gasteiger partial charge in [0.2, 0.25) is 0 Å². The van der Waals surface area contributed by atoms with Crippen LogP contribution in [0.3, 0.4) is 0 Å². The van der Waals surface area contributed by atoms with E-state index in [1.807, 2.05) is 22.8 Å². The number of aromatic nitrogens is 3. The summed E-state index contributed by atoms with van der Waals surface area (Å²) < 4.78 is 7.65. The predicted octanol–water partition coefficient (Wildman–Crippen LogP) is 3.54. The molecule has 1 saturated carbocycles. The number of nitrogens with zero attached hydrogens (tertiary/aromatic N) is 2. The van der Waals surface area contributed by atoms with Gasteiger partial charge in [-0.05, 0) is 43.9 Å². The van der Waals surface area contributed by atoms with E-state index < -0.39 is 0 Å². The normalized spacial score (nSPS) is 20.9. The molecule has 1 aromatic carbocycles. The van der Waals surface area contributed by atoms with Gasteiger partial charge in [0, 0.05) is 15.9 Å². The van der Waals surface area contributed by atoms with Crippen molar-refractivity contribution in [3.05, 3.63) is 39.4 Å². The Morgan fingerprint density at radius 1 is 1.32 bits per heavy atom. The molecule has 130 valence electrons. The van der Waals surface area contributed by atoms with E-state index in [0.29, 0.717) is 0 Å². The van der Waals surface area contributed by atoms with Gasteiger partial charge in [-0.15, -0.1) is 0 Å². The molecule has 0 radical (unpaired) electrons. The van der Waals surface area contributed by atoms with Crippen molar-refractivity contribution < 1.29 is 9.53 Å². The second-order valence-electron chi connectivity index (χ2n) is 6.51. The maximum Gasteiger partial charge on any atom is 0.326 e. The van der Waals surface area contributed by atoms with Crippen molar-refractivity contribution in [3.8, 4) is 0 Å². The highest BCUT2D eigenvalue weighted by molar-refractivity contribution is 9.10. The molecule has 0 saturated heterocycles. The van der Waals surface area contributed by atoms with Crippen LogP contribution in [-0.4, -0.2) is 27.6 Å². The molecule has 2 heterocycles. The minimum atomic E-state index is -0.150. The fourth-order valence-corrected chi connectivity index (χ4v) is 4.22. The number of halogens is 1. The summed E-state index contributed by atoms with van der Waals surface area (Å²) in [7, 11) is 1.43. The van der Waals surface area contributed by atoms with Gasteiger partial charge in [-0.25, -0.2) is 4.79 Å². The second kappa shape index (κ2) is 6.29. The number of ether oxygens (including phenoxy) is 1. The number of fused-ring (bicyclic) bond motifs is 3. The average Bonchev–Trinajstić information content (AvgIpc) is 2.97. The summed E-state index contributed by atoms with van der Waals surface area (Å²) in [5.41, 5.74) is 2.36. The summed E-state index contributed by atoms with van der Waals surface area (Å²) >= 11 is 3.50. The number of H-pyrrole nitrogens is 1. The lowest BCUT2D eigenvalue weighted by atomic mass is 9.86. The van der Waals surface area contributed by atoms with Gasteiger partial charge in [-0.1, -0.05) is 15.9 Å². The summed E-state index contributed by atoms with van der Waals surface area (Å²) in [5, 5.41) is 0.945. The molecule has 2 aromatic heterocycles. The van der Waals surface area contributed by atoms with E-state index in [0.717, 1.165) is 52.1 Å². The van der Waals surface area contributed by atoms with Crippen LogP contribution in [0.25, 0.3) is 21.9 Å². The zero-order chi connectivity index (χ0) is 17.6. The van der Waals surface area contributed by atoms with Gasteiger partial charge in [0.15, 0.2) is 0 Å². The number of esters is 1. The number of nitrogens with one attached hydrogen (secondary N) is 1. The van der Waals surface area contributed by atoms with E-state index in [-0.39, 0.29) is 23.6 Å². The highest BCUT2D eigenvalue weighted by Crippen LogP contribution is 2.35. The molecular weight excluding hydrogens is 386 g/mol. The van der Waals surface area contributed by atoms with Crippen LogP contribution >= 0.6 is 15.9 Å². The number of methoxy groups -OCH3 is 1. The van der Waals surface area contributed by atoms with Gasteiger partial charge in [0.05, 0.1) is 35.8 Å². The lowest BCUT2D eigenvalue weighted by Crippen LogP contribution is -2.29. The quantitative estimate of drug-likeness (QED) is 0.663. The predicted molar refractivity (Wildman–Crippen MR) is 98.6 cm³/mol. The van der Waals surface area contributed by atoms with Gasteiger partial charge in [-0.3, -0.25) is 14.3 Å². The zero-order valence-electron chi connectivity index (χ0n) is 13.8. The van der Waals surface area contributed by atoms with E-state index in [1.165, 1.54) is 7.11 Å². The van der Waals surface area contributed by atoms with Crippen molar-refractivity contribution in [1.82, 2.24) is 14.5 Å². The van der Waals surface area contributed by atoms with Crippen molar-refractivity contribution in [1.29, 1.82) is 0 Å². The third-order valence-corrected chi connectivity index (χ3v) is 5.59. The van der Waals surface area contributed by atoms with E-state index in [9.17, 15) is 9.59 Å². The summed E-state index contributed by atoms with van der Waals surface area (Å²) in [4.78, 5) is 31.7. The van der Waals surface area contributed by atoms with Crippen LogP contribution in [0.4, 0.5) is 0 Å². The van der Waals surface area contributed by atoms with Crippen molar-refractivity contribution in [2.24, 2.45) is 5.92 Å². The number of pyridine rings is 1. The Hall–Kier alpha value is -2.15. The molecule has 1 N–H and O–H groups in total. The molecule has 0 spiro atoms. The van der Waals surface area contributed by atoms with Crippen molar-refractivity contribution in [2.75, 3.05) is 7.11 Å². The van der Waals surface area contributed by atoms with E-state index in [1.54, 1.807) is 6.20 Å². The highest BCUT2D eigenvalue weighted by atomic mass is 79.9. The molecule has 3 aromatic rings. The SMILES string of the molecule is COC(=O)[C@H]1CC[C@@H](n2c(=O)[nH]c3cnc4ccc(Br)cc4c32)CC1. The largest absolute Gasteiger partial charge is 0.469 e. The molecule has 7 heteroatoms. The van der Waals surface area contributed by atoms with E-state index in [2.05, 4.69) is 25.9 Å². The Balaban J connectivity index is 1.80. The topological polar surface area (TPSA) is 77.0 Å². The molecule has 4 rings (SSSR count). The first-order valence-corrected chi connectivity index (χ1v) is 9.14. The first-order chi connectivity index (χ1) is 12.1. The Kier molecular flexibility index (Phi) is 4.11. The van der Waals surface area contributed by atoms with Gasteiger partial charge in [0.25, 0.3) is 0 Å². The molecule has 25 heavy (non-hydrogen) atoms. The zero-order valence-corrected chi connectivity index (χ0v) is 15.4. The summed E-state index contributed by atoms with van der Waals surface area (Å²) in [6, 6.07) is 5.95. The number of benzene rings is 1. The Bertz CT molecular complexity index is 1020. The van der Waals surface area contributed by atoms with Gasteiger partial charge in [0.1, 0.15) is 0 Å². The lowest BCUT2D eigenvalue weighted by molar-refractivity contribution is -0.146. The average molecular weight is 404 g/mol. The highest BCUT2D eigenvalue weighted by Gasteiger charge is 2.29. The van der Waals surface area contributed by atoms with Crippen molar-refractivity contribution >= 4 is 43.8 Å². The van der Waals surface area contributed by atoms with Crippen LogP contribution in [0, 0.1) is 5.92 Å². The molecule has 0 amide bonds. The number of hydrogen-bond donors (Lipinski definition) is 1. The van der Waals surface area contributed by atoms with Crippen LogP contribution < -0.4 is 5.69 Å². The standard InChI is InChI=1S/C18H18BrN3O3/c1-25-17(23)10-2-5-12(6-3-10)22-16-13-8-11(19)4-7-14(13)20-9-15(16)21-18(22)24/h4,7-10,12H,2-3,5-6H2,1H3,(H,21,24)/t10-,12+. The Morgan fingerprint density at radius 2 is 2.08 bits per heavy atom. The fourth-order valence-electron chi connectivity index (χ4n) is 3.86. The third-order valence-electron chi connectivity index (χ3n) is 5.10. The molecule has 0 aliphatic heterocycles. The van der Waals surface area contributed by atoms with Gasteiger partial charge in [-0.2, -0.15) is 0 Å². The maximum absolute atomic E-state index is 12.6. The van der Waals surface area contributed by atoms with Crippen LogP contribution in [0.1, 0.15) is 31.7 Å². The van der Waals surface area contributed by atoms with Crippen LogP contribution in [-0.2, 0) is 9.53 Å². The molecule has 1 aliphatic rings. The minimum Gasteiger partial charge on any atom is -0.469 e. The minimum absolute atomic E-state index is 0.0605. The van der Waals surface area contributed by atoms with Gasteiger partial charge >= 0.3 is 11.7 Å². The number of rotatable bonds is 2. The lowest BCUT2D eigenvalue weighted by Gasteiger charge is -2.27. The first kappa shape index (κ1) is 16.3. The van der Waals surface area contributed by atoms with Gasteiger partial charge < -0.3 is 9.72 Å². The van der Waals surface area contributed by atoms with E-state index in [4.69, 9.17) is 4.74 Å². The Labute approximate surface area is 152 Å². The molecule has 1 aliphatic carbocycles. The molecular formula is C18H18BrN3O3. The first-order valence-electron chi connectivity index (χ1n) is 8.35. The Morgan fingerprint density at radius 3 is 2.80 bits per heavy atom. The monoisotopic (exact) mass is 403 g/mol. The van der Waals surface area contributed by atoms with Crippen LogP contribution in [0.15, 0.2) is 33.7 Å². The summed E-state index contributed by atoms with van der Waals surface area (Å²) in [5.74, 6) is -0.210. The third kappa shape index (κ3) is 2.76. The molecule has 0 unspecified atom stereocenters. The maximum atomic E-state index is 12.6. The van der Waals surface area contributed by atoms with Crippen molar-refractivity contribution in [3.63, 3.8) is 0 Å². The van der Waals surface area contributed by atoms with Crippen LogP contribution in [0.2, 0.25) is 0 Å². The fraction of sp³-hybridized carbons (Fsp3) is 0.389. The number of hydrogen-bond acceptors (Lipinski definition) is 4. The molecule has 0 bridgehead atoms. The summed E-state index contributed by atoms with van der Waals surface area (Å²) in [6.45, 7) is 0. The molecule has 6 nitrogen and oxygen atoms in total. The number of carbonyl (C=O) groups excluding carboxylic acids is 1. The number of aromatic amines is 1. The van der Waals surface area contributed by atoms with Crippen LogP contribution in [0.5, 0.6) is 0 Å².